The van der Waals surface area contributed by atoms with E-state index in [1.54, 1.807) is 19.1 Å². The quantitative estimate of drug-likeness (QED) is 0.761. The van der Waals surface area contributed by atoms with Crippen molar-refractivity contribution >= 4 is 11.9 Å². The predicted molar refractivity (Wildman–Crippen MR) is 104 cm³/mol. The van der Waals surface area contributed by atoms with Gasteiger partial charge in [-0.25, -0.2) is 4.79 Å². The van der Waals surface area contributed by atoms with E-state index in [1.165, 1.54) is 6.20 Å². The monoisotopic (exact) mass is 367 g/mol. The zero-order chi connectivity index (χ0) is 19.4. The standard InChI is InChI=1S/C21H25N3O3/c1-4-27-21(26)17-8-9-19(22-13-17)15-6-5-7-16(12-15)20(25)24(3)18-10-11-23(2)14-18/h5-9,12-13,18H,4,10-11,14H2,1-3H3/t18-/m0/s1. The molecule has 0 spiro atoms. The largest absolute Gasteiger partial charge is 0.462 e. The first-order chi connectivity index (χ1) is 13.0. The Bertz CT molecular complexity index is 820. The topological polar surface area (TPSA) is 62.7 Å². The van der Waals surface area contributed by atoms with Crippen molar-refractivity contribution in [2.75, 3.05) is 33.8 Å². The van der Waals surface area contributed by atoms with Gasteiger partial charge in [0.1, 0.15) is 0 Å². The number of hydrogen-bond acceptors (Lipinski definition) is 5. The van der Waals surface area contributed by atoms with Crippen LogP contribution in [0.3, 0.4) is 0 Å². The van der Waals surface area contributed by atoms with Crippen molar-refractivity contribution < 1.29 is 14.3 Å². The minimum Gasteiger partial charge on any atom is -0.462 e. The fourth-order valence-corrected chi connectivity index (χ4v) is 3.31. The van der Waals surface area contributed by atoms with Crippen LogP contribution in [-0.2, 0) is 4.74 Å². The summed E-state index contributed by atoms with van der Waals surface area (Å²) in [5, 5.41) is 0. The van der Waals surface area contributed by atoms with Crippen LogP contribution in [0.25, 0.3) is 11.3 Å². The first kappa shape index (κ1) is 19.0. The number of amides is 1. The van der Waals surface area contributed by atoms with Gasteiger partial charge in [0.25, 0.3) is 5.91 Å². The van der Waals surface area contributed by atoms with Gasteiger partial charge >= 0.3 is 5.97 Å². The van der Waals surface area contributed by atoms with Gasteiger partial charge in [0.05, 0.1) is 17.9 Å². The molecule has 1 aromatic carbocycles. The van der Waals surface area contributed by atoms with Crippen LogP contribution in [-0.4, -0.2) is 66.5 Å². The molecule has 142 valence electrons. The smallest absolute Gasteiger partial charge is 0.339 e. The minimum atomic E-state index is -0.386. The molecule has 1 saturated heterocycles. The summed E-state index contributed by atoms with van der Waals surface area (Å²) in [6.07, 6.45) is 2.50. The molecule has 0 bridgehead atoms. The Labute approximate surface area is 159 Å². The third kappa shape index (κ3) is 4.34. The first-order valence-electron chi connectivity index (χ1n) is 9.19. The van der Waals surface area contributed by atoms with Gasteiger partial charge in [-0.15, -0.1) is 0 Å². The predicted octanol–water partition coefficient (Wildman–Crippen LogP) is 2.70. The average molecular weight is 367 g/mol. The van der Waals surface area contributed by atoms with Crippen molar-refractivity contribution in [1.82, 2.24) is 14.8 Å². The molecular formula is C21H25N3O3. The highest BCUT2D eigenvalue weighted by Crippen LogP contribution is 2.21. The number of likely N-dealkylation sites (N-methyl/N-ethyl adjacent to an activating group) is 2. The van der Waals surface area contributed by atoms with Crippen molar-refractivity contribution in [3.05, 3.63) is 53.7 Å². The van der Waals surface area contributed by atoms with Gasteiger partial charge in [0.2, 0.25) is 0 Å². The highest BCUT2D eigenvalue weighted by molar-refractivity contribution is 5.95. The SMILES string of the molecule is CCOC(=O)c1ccc(-c2cccc(C(=O)N(C)[C@H]3CCN(C)C3)c2)nc1. The summed E-state index contributed by atoms with van der Waals surface area (Å²) in [6.45, 7) is 4.01. The van der Waals surface area contributed by atoms with Crippen LogP contribution in [0.1, 0.15) is 34.1 Å². The molecule has 1 aliphatic rings. The summed E-state index contributed by atoms with van der Waals surface area (Å²) in [4.78, 5) is 33.0. The Morgan fingerprint density at radius 3 is 2.70 bits per heavy atom. The number of aromatic nitrogens is 1. The molecule has 1 aliphatic heterocycles. The van der Waals surface area contributed by atoms with Crippen LogP contribution >= 0.6 is 0 Å². The normalized spacial score (nSPS) is 16.9. The summed E-state index contributed by atoms with van der Waals surface area (Å²) in [5.74, 6) is -0.371. The lowest BCUT2D eigenvalue weighted by Gasteiger charge is -2.24. The van der Waals surface area contributed by atoms with E-state index in [9.17, 15) is 9.59 Å². The zero-order valence-electron chi connectivity index (χ0n) is 16.0. The highest BCUT2D eigenvalue weighted by Gasteiger charge is 2.27. The fraction of sp³-hybridized carbons (Fsp3) is 0.381. The van der Waals surface area contributed by atoms with E-state index < -0.39 is 0 Å². The third-order valence-electron chi connectivity index (χ3n) is 4.91. The van der Waals surface area contributed by atoms with E-state index in [4.69, 9.17) is 4.74 Å². The summed E-state index contributed by atoms with van der Waals surface area (Å²) in [5.41, 5.74) is 2.60. The number of esters is 1. The number of ether oxygens (including phenoxy) is 1. The van der Waals surface area contributed by atoms with Gasteiger partial charge in [-0.3, -0.25) is 9.78 Å². The molecule has 2 aromatic rings. The maximum absolute atomic E-state index is 12.9. The molecule has 1 fully saturated rings. The van der Waals surface area contributed by atoms with Crippen molar-refractivity contribution in [2.24, 2.45) is 0 Å². The van der Waals surface area contributed by atoms with E-state index >= 15 is 0 Å². The number of benzene rings is 1. The van der Waals surface area contributed by atoms with Gasteiger partial charge in [0, 0.05) is 37.0 Å². The minimum absolute atomic E-state index is 0.0142. The summed E-state index contributed by atoms with van der Waals surface area (Å²) >= 11 is 0. The second-order valence-corrected chi connectivity index (χ2v) is 6.85. The average Bonchev–Trinajstić information content (AvgIpc) is 3.13. The lowest BCUT2D eigenvalue weighted by Crippen LogP contribution is -2.38. The van der Waals surface area contributed by atoms with Gasteiger partial charge in [-0.1, -0.05) is 12.1 Å². The molecule has 3 rings (SSSR count). The van der Waals surface area contributed by atoms with Crippen LogP contribution < -0.4 is 0 Å². The van der Waals surface area contributed by atoms with Crippen molar-refractivity contribution in [1.29, 1.82) is 0 Å². The number of carbonyl (C=O) groups is 2. The molecule has 0 N–H and O–H groups in total. The van der Waals surface area contributed by atoms with E-state index in [-0.39, 0.29) is 17.9 Å². The van der Waals surface area contributed by atoms with Gasteiger partial charge < -0.3 is 14.5 Å². The van der Waals surface area contributed by atoms with Crippen LogP contribution in [0, 0.1) is 0 Å². The zero-order valence-corrected chi connectivity index (χ0v) is 16.0. The second-order valence-electron chi connectivity index (χ2n) is 6.85. The van der Waals surface area contributed by atoms with E-state index in [1.807, 2.05) is 36.2 Å². The Morgan fingerprint density at radius 1 is 1.26 bits per heavy atom. The summed E-state index contributed by atoms with van der Waals surface area (Å²) in [7, 11) is 3.94. The van der Waals surface area contributed by atoms with E-state index in [2.05, 4.69) is 16.9 Å². The maximum atomic E-state index is 12.9. The number of carbonyl (C=O) groups excluding carboxylic acids is 2. The lowest BCUT2D eigenvalue weighted by molar-refractivity contribution is 0.0525. The Morgan fingerprint density at radius 2 is 2.07 bits per heavy atom. The van der Waals surface area contributed by atoms with Gasteiger partial charge in [0.15, 0.2) is 0 Å². The Balaban J connectivity index is 1.77. The molecule has 6 heteroatoms. The number of nitrogens with zero attached hydrogens (tertiary/aromatic N) is 3. The number of likely N-dealkylation sites (tertiary alicyclic amines) is 1. The first-order valence-corrected chi connectivity index (χ1v) is 9.19. The summed E-state index contributed by atoms with van der Waals surface area (Å²) in [6, 6.07) is 11.1. The molecular weight excluding hydrogens is 342 g/mol. The Kier molecular flexibility index (Phi) is 5.86. The summed E-state index contributed by atoms with van der Waals surface area (Å²) < 4.78 is 4.97. The number of hydrogen-bond donors (Lipinski definition) is 0. The van der Waals surface area contributed by atoms with Crippen molar-refractivity contribution in [3.63, 3.8) is 0 Å². The van der Waals surface area contributed by atoms with Gasteiger partial charge in [-0.05, 0) is 51.2 Å². The molecule has 1 aromatic heterocycles. The highest BCUT2D eigenvalue weighted by atomic mass is 16.5. The number of pyridine rings is 1. The molecule has 0 aliphatic carbocycles. The van der Waals surface area contributed by atoms with Crippen molar-refractivity contribution in [2.45, 2.75) is 19.4 Å². The van der Waals surface area contributed by atoms with Crippen LogP contribution in [0.15, 0.2) is 42.6 Å². The molecule has 27 heavy (non-hydrogen) atoms. The third-order valence-corrected chi connectivity index (χ3v) is 4.91. The molecule has 6 nitrogen and oxygen atoms in total. The van der Waals surface area contributed by atoms with Crippen LogP contribution in [0.5, 0.6) is 0 Å². The van der Waals surface area contributed by atoms with E-state index in [0.29, 0.717) is 23.4 Å². The lowest BCUT2D eigenvalue weighted by atomic mass is 10.1. The van der Waals surface area contributed by atoms with Crippen LogP contribution in [0.2, 0.25) is 0 Å². The molecule has 1 atom stereocenters. The molecule has 0 unspecified atom stereocenters. The number of rotatable bonds is 5. The van der Waals surface area contributed by atoms with Crippen LogP contribution in [0.4, 0.5) is 0 Å². The maximum Gasteiger partial charge on any atom is 0.339 e. The molecule has 2 heterocycles. The molecule has 0 radical (unpaired) electrons. The molecule has 0 saturated carbocycles. The second kappa shape index (κ2) is 8.31. The van der Waals surface area contributed by atoms with Gasteiger partial charge in [-0.2, -0.15) is 0 Å². The molecule has 1 amide bonds. The van der Waals surface area contributed by atoms with Crippen molar-refractivity contribution in [3.8, 4) is 11.3 Å². The van der Waals surface area contributed by atoms with E-state index in [0.717, 1.165) is 25.1 Å². The Hall–Kier alpha value is -2.73. The fourth-order valence-electron chi connectivity index (χ4n) is 3.31.